The van der Waals surface area contributed by atoms with E-state index in [1.54, 1.807) is 23.1 Å². The fourth-order valence-corrected chi connectivity index (χ4v) is 2.73. The lowest BCUT2D eigenvalue weighted by Gasteiger charge is -2.31. The van der Waals surface area contributed by atoms with Crippen LogP contribution in [0.1, 0.15) is 29.6 Å². The normalized spacial score (nSPS) is 16.1. The second kappa shape index (κ2) is 6.26. The van der Waals surface area contributed by atoms with E-state index in [1.807, 2.05) is 0 Å². The van der Waals surface area contributed by atoms with Crippen molar-refractivity contribution in [3.05, 3.63) is 28.2 Å². The first-order valence-corrected chi connectivity index (χ1v) is 7.39. The van der Waals surface area contributed by atoms with Crippen molar-refractivity contribution < 1.29 is 9.59 Å². The van der Waals surface area contributed by atoms with E-state index in [2.05, 4.69) is 15.9 Å². The van der Waals surface area contributed by atoms with E-state index < -0.39 is 0 Å². The molecule has 0 atom stereocenters. The van der Waals surface area contributed by atoms with E-state index in [9.17, 15) is 9.59 Å². The first kappa shape index (κ1) is 14.8. The molecule has 0 radical (unpaired) electrons. The third kappa shape index (κ3) is 3.50. The summed E-state index contributed by atoms with van der Waals surface area (Å²) in [4.78, 5) is 25.1. The summed E-state index contributed by atoms with van der Waals surface area (Å²) in [6.07, 6.45) is 2.05. The van der Waals surface area contributed by atoms with Gasteiger partial charge in [-0.25, -0.2) is 0 Å². The average molecular weight is 340 g/mol. The molecule has 4 N–H and O–H groups in total. The summed E-state index contributed by atoms with van der Waals surface area (Å²) in [5.74, 6) is 0.0173. The molecule has 0 unspecified atom stereocenters. The van der Waals surface area contributed by atoms with Gasteiger partial charge in [0.2, 0.25) is 5.91 Å². The number of nitrogens with two attached hydrogens (primary N) is 2. The van der Waals surface area contributed by atoms with E-state index in [1.165, 1.54) is 0 Å². The largest absolute Gasteiger partial charge is 0.398 e. The smallest absolute Gasteiger partial charge is 0.253 e. The molecule has 0 aromatic heterocycles. The number of likely N-dealkylation sites (tertiary alicyclic amines) is 1. The van der Waals surface area contributed by atoms with Gasteiger partial charge in [-0.1, -0.05) is 0 Å². The highest BCUT2D eigenvalue weighted by Gasteiger charge is 2.24. The van der Waals surface area contributed by atoms with Crippen molar-refractivity contribution in [3.63, 3.8) is 0 Å². The molecule has 1 saturated heterocycles. The Kier molecular flexibility index (Phi) is 4.65. The molecule has 1 aromatic rings. The Bertz CT molecular complexity index is 525. The lowest BCUT2D eigenvalue weighted by molar-refractivity contribution is -0.119. The standard InChI is InChI=1S/C14H18BrN3O2/c15-11-2-1-10(8-12(11)16)14(20)18-5-3-9(4-6-18)7-13(17)19/h1-2,8-9H,3-7,16H2,(H2,17,19). The first-order valence-electron chi connectivity index (χ1n) is 6.60. The van der Waals surface area contributed by atoms with Crippen LogP contribution < -0.4 is 11.5 Å². The topological polar surface area (TPSA) is 89.4 Å². The summed E-state index contributed by atoms with van der Waals surface area (Å²) in [5.41, 5.74) is 12.1. The number of halogens is 1. The van der Waals surface area contributed by atoms with Crippen molar-refractivity contribution in [1.29, 1.82) is 0 Å². The van der Waals surface area contributed by atoms with Crippen LogP contribution in [0.4, 0.5) is 5.69 Å². The van der Waals surface area contributed by atoms with E-state index in [-0.39, 0.29) is 11.8 Å². The molecular weight excluding hydrogens is 322 g/mol. The number of primary amides is 1. The number of benzene rings is 1. The van der Waals surface area contributed by atoms with Crippen LogP contribution in [-0.2, 0) is 4.79 Å². The molecule has 1 aliphatic rings. The van der Waals surface area contributed by atoms with Crippen molar-refractivity contribution in [3.8, 4) is 0 Å². The number of nitrogens with zero attached hydrogens (tertiary/aromatic N) is 1. The Labute approximate surface area is 126 Å². The van der Waals surface area contributed by atoms with Gasteiger partial charge in [0.1, 0.15) is 0 Å². The lowest BCUT2D eigenvalue weighted by atomic mass is 9.93. The molecular formula is C14H18BrN3O2. The highest BCUT2D eigenvalue weighted by atomic mass is 79.9. The third-order valence-corrected chi connectivity index (χ3v) is 4.36. The minimum absolute atomic E-state index is 0.0123. The molecule has 0 aliphatic carbocycles. The number of amides is 2. The predicted octanol–water partition coefficient (Wildman–Crippen LogP) is 1.76. The molecule has 1 heterocycles. The van der Waals surface area contributed by atoms with Gasteiger partial charge in [-0.3, -0.25) is 9.59 Å². The third-order valence-electron chi connectivity index (χ3n) is 3.63. The second-order valence-electron chi connectivity index (χ2n) is 5.14. The van der Waals surface area contributed by atoms with Gasteiger partial charge in [0.05, 0.1) is 0 Å². The van der Waals surface area contributed by atoms with Crippen molar-refractivity contribution in [2.45, 2.75) is 19.3 Å². The zero-order valence-electron chi connectivity index (χ0n) is 11.1. The average Bonchev–Trinajstić information content (AvgIpc) is 2.41. The van der Waals surface area contributed by atoms with E-state index in [0.717, 1.165) is 17.3 Å². The molecule has 6 heteroatoms. The van der Waals surface area contributed by atoms with Crippen LogP contribution in [-0.4, -0.2) is 29.8 Å². The second-order valence-corrected chi connectivity index (χ2v) is 6.00. The maximum absolute atomic E-state index is 12.4. The lowest BCUT2D eigenvalue weighted by Crippen LogP contribution is -2.39. The molecule has 5 nitrogen and oxygen atoms in total. The fourth-order valence-electron chi connectivity index (χ4n) is 2.48. The van der Waals surface area contributed by atoms with Gasteiger partial charge in [0.15, 0.2) is 0 Å². The Morgan fingerprint density at radius 3 is 2.50 bits per heavy atom. The highest BCUT2D eigenvalue weighted by Crippen LogP contribution is 2.24. The summed E-state index contributed by atoms with van der Waals surface area (Å²) in [7, 11) is 0. The van der Waals surface area contributed by atoms with Crippen molar-refractivity contribution in [1.82, 2.24) is 4.90 Å². The maximum Gasteiger partial charge on any atom is 0.253 e. The SMILES string of the molecule is NC(=O)CC1CCN(C(=O)c2ccc(Br)c(N)c2)CC1. The Hall–Kier alpha value is -1.56. The quantitative estimate of drug-likeness (QED) is 0.822. The summed E-state index contributed by atoms with van der Waals surface area (Å²) in [6, 6.07) is 5.22. The highest BCUT2D eigenvalue weighted by molar-refractivity contribution is 9.10. The minimum atomic E-state index is -0.268. The van der Waals surface area contributed by atoms with Crippen LogP contribution in [0.2, 0.25) is 0 Å². The number of carbonyl (C=O) groups excluding carboxylic acids is 2. The van der Waals surface area contributed by atoms with Crippen LogP contribution in [0.5, 0.6) is 0 Å². The summed E-state index contributed by atoms with van der Waals surface area (Å²) < 4.78 is 0.786. The van der Waals surface area contributed by atoms with Crippen LogP contribution in [0.25, 0.3) is 0 Å². The molecule has 20 heavy (non-hydrogen) atoms. The zero-order chi connectivity index (χ0) is 14.7. The van der Waals surface area contributed by atoms with Gasteiger partial charge in [0.25, 0.3) is 5.91 Å². The van der Waals surface area contributed by atoms with E-state index >= 15 is 0 Å². The molecule has 0 spiro atoms. The van der Waals surface area contributed by atoms with Gasteiger partial charge in [-0.15, -0.1) is 0 Å². The predicted molar refractivity (Wildman–Crippen MR) is 81.0 cm³/mol. The number of carbonyl (C=O) groups is 2. The van der Waals surface area contributed by atoms with Gasteiger partial charge in [-0.05, 0) is 52.9 Å². The maximum atomic E-state index is 12.4. The summed E-state index contributed by atoms with van der Waals surface area (Å²) in [5, 5.41) is 0. The van der Waals surface area contributed by atoms with Gasteiger partial charge in [0, 0.05) is 35.2 Å². The number of anilines is 1. The van der Waals surface area contributed by atoms with E-state index in [4.69, 9.17) is 11.5 Å². The fraction of sp³-hybridized carbons (Fsp3) is 0.429. The Morgan fingerprint density at radius 2 is 1.95 bits per heavy atom. The van der Waals surface area contributed by atoms with Crippen LogP contribution in [0, 0.1) is 5.92 Å². The number of piperidine rings is 1. The van der Waals surface area contributed by atoms with Crippen LogP contribution >= 0.6 is 15.9 Å². The Morgan fingerprint density at radius 1 is 1.30 bits per heavy atom. The van der Waals surface area contributed by atoms with Crippen molar-refractivity contribution >= 4 is 33.4 Å². The molecule has 0 saturated carbocycles. The molecule has 0 bridgehead atoms. The molecule has 1 aliphatic heterocycles. The molecule has 108 valence electrons. The molecule has 1 aromatic carbocycles. The molecule has 2 rings (SSSR count). The van der Waals surface area contributed by atoms with Crippen molar-refractivity contribution in [2.75, 3.05) is 18.8 Å². The van der Waals surface area contributed by atoms with Crippen molar-refractivity contribution in [2.24, 2.45) is 11.7 Å². The minimum Gasteiger partial charge on any atom is -0.398 e. The Balaban J connectivity index is 1.97. The number of hydrogen-bond donors (Lipinski definition) is 2. The van der Waals surface area contributed by atoms with Crippen LogP contribution in [0.3, 0.4) is 0 Å². The van der Waals surface area contributed by atoms with E-state index in [0.29, 0.717) is 36.7 Å². The number of nitrogen functional groups attached to an aromatic ring is 1. The van der Waals surface area contributed by atoms with Gasteiger partial charge in [-0.2, -0.15) is 0 Å². The monoisotopic (exact) mass is 339 g/mol. The summed E-state index contributed by atoms with van der Waals surface area (Å²) in [6.45, 7) is 1.32. The number of hydrogen-bond acceptors (Lipinski definition) is 3. The molecule has 1 fully saturated rings. The molecule has 2 amide bonds. The van der Waals surface area contributed by atoms with Crippen LogP contribution in [0.15, 0.2) is 22.7 Å². The van der Waals surface area contributed by atoms with Gasteiger partial charge < -0.3 is 16.4 Å². The summed E-state index contributed by atoms with van der Waals surface area (Å²) >= 11 is 3.31. The number of rotatable bonds is 3. The van der Waals surface area contributed by atoms with Gasteiger partial charge >= 0.3 is 0 Å². The zero-order valence-corrected chi connectivity index (χ0v) is 12.7. The first-order chi connectivity index (χ1) is 9.47.